The van der Waals surface area contributed by atoms with Gasteiger partial charge in [0.15, 0.2) is 0 Å². The Morgan fingerprint density at radius 2 is 1.76 bits per heavy atom. The number of carbonyl (C=O) groups is 1. The maximum atomic E-state index is 13.8. The molecule has 3 aromatic carbocycles. The highest BCUT2D eigenvalue weighted by Crippen LogP contribution is 2.54. The van der Waals surface area contributed by atoms with Crippen molar-refractivity contribution in [1.82, 2.24) is 15.0 Å². The number of imidazole rings is 1. The van der Waals surface area contributed by atoms with Crippen molar-refractivity contribution in [2.24, 2.45) is 5.92 Å². The van der Waals surface area contributed by atoms with Gasteiger partial charge in [0.05, 0.1) is 17.6 Å². The third kappa shape index (κ3) is 6.69. The summed E-state index contributed by atoms with van der Waals surface area (Å²) in [6.07, 6.45) is 0.367. The number of hydrogen-bond acceptors (Lipinski definition) is 6. The van der Waals surface area contributed by atoms with E-state index in [2.05, 4.69) is 10.5 Å². The van der Waals surface area contributed by atoms with E-state index in [0.717, 1.165) is 28.3 Å². The molecule has 2 fully saturated rings. The zero-order valence-electron chi connectivity index (χ0n) is 26.1. The molecule has 1 saturated heterocycles. The molecule has 0 bridgehead atoms. The van der Waals surface area contributed by atoms with Crippen molar-refractivity contribution in [3.8, 4) is 11.4 Å². The van der Waals surface area contributed by atoms with Crippen molar-refractivity contribution in [1.29, 1.82) is 0 Å². The number of nitrogens with zero attached hydrogens (tertiary/aromatic N) is 2. The zero-order chi connectivity index (χ0) is 32.5. The predicted octanol–water partition coefficient (Wildman–Crippen LogP) is 8.10. The molecule has 2 heterocycles. The topological polar surface area (TPSA) is 74.6 Å². The SMILES string of the molecule is CC(C)(C)OC(=O)C1CCC[C@@]2(C[C@H](c3cc(-n4ccnc4C(F)(F)F)ccc3OCc3ccccc3)NO2)[C@@H]1c1ccccc1. The summed E-state index contributed by atoms with van der Waals surface area (Å²) in [6.45, 7) is 5.86. The van der Waals surface area contributed by atoms with Gasteiger partial charge in [-0.1, -0.05) is 60.7 Å². The van der Waals surface area contributed by atoms with Gasteiger partial charge in [-0.05, 0) is 69.4 Å². The van der Waals surface area contributed by atoms with Crippen LogP contribution in [0.1, 0.15) is 80.9 Å². The van der Waals surface area contributed by atoms with Crippen LogP contribution < -0.4 is 10.2 Å². The van der Waals surface area contributed by atoms with Gasteiger partial charge in [0.25, 0.3) is 0 Å². The van der Waals surface area contributed by atoms with Crippen molar-refractivity contribution in [2.75, 3.05) is 0 Å². The lowest BCUT2D eigenvalue weighted by Gasteiger charge is -2.44. The molecule has 1 saturated carbocycles. The number of halogens is 3. The molecule has 1 aromatic heterocycles. The molecule has 242 valence electrons. The summed E-state index contributed by atoms with van der Waals surface area (Å²) in [5, 5.41) is 0. The van der Waals surface area contributed by atoms with Crippen LogP contribution in [-0.4, -0.2) is 26.7 Å². The summed E-state index contributed by atoms with van der Waals surface area (Å²) in [6, 6.07) is 24.1. The average Bonchev–Trinajstić information content (AvgIpc) is 3.69. The van der Waals surface area contributed by atoms with Gasteiger partial charge in [0.1, 0.15) is 18.0 Å². The number of esters is 1. The number of ether oxygens (including phenoxy) is 2. The Labute approximate surface area is 266 Å². The van der Waals surface area contributed by atoms with Gasteiger partial charge in [-0.25, -0.2) is 4.98 Å². The lowest BCUT2D eigenvalue weighted by Crippen LogP contribution is -2.47. The van der Waals surface area contributed by atoms with Crippen LogP contribution in [0.5, 0.6) is 5.75 Å². The fourth-order valence-electron chi connectivity index (χ4n) is 6.82. The summed E-state index contributed by atoms with van der Waals surface area (Å²) in [4.78, 5) is 23.7. The molecule has 46 heavy (non-hydrogen) atoms. The molecule has 4 aromatic rings. The molecule has 1 spiro atoms. The Bertz CT molecular complexity index is 1650. The molecule has 0 radical (unpaired) electrons. The lowest BCUT2D eigenvalue weighted by molar-refractivity contribution is -0.170. The van der Waals surface area contributed by atoms with Crippen molar-refractivity contribution in [3.05, 3.63) is 114 Å². The molecule has 6 rings (SSSR count). The Hall–Kier alpha value is -4.15. The predicted molar refractivity (Wildman–Crippen MR) is 166 cm³/mol. The van der Waals surface area contributed by atoms with Crippen LogP contribution in [0.3, 0.4) is 0 Å². The highest BCUT2D eigenvalue weighted by Gasteiger charge is 2.55. The Morgan fingerprint density at radius 1 is 1.04 bits per heavy atom. The summed E-state index contributed by atoms with van der Waals surface area (Å²) < 4.78 is 54.7. The van der Waals surface area contributed by atoms with Crippen LogP contribution in [-0.2, 0) is 27.2 Å². The zero-order valence-corrected chi connectivity index (χ0v) is 26.1. The normalized spacial score (nSPS) is 23.4. The van der Waals surface area contributed by atoms with Crippen LogP contribution in [0, 0.1) is 5.92 Å². The summed E-state index contributed by atoms with van der Waals surface area (Å²) in [5.74, 6) is -1.50. The first-order valence-electron chi connectivity index (χ1n) is 15.6. The molecule has 7 nitrogen and oxygen atoms in total. The second-order valence-electron chi connectivity index (χ2n) is 13.1. The molecule has 4 atom stereocenters. The molecule has 0 amide bonds. The first kappa shape index (κ1) is 31.8. The van der Waals surface area contributed by atoms with Crippen molar-refractivity contribution in [2.45, 2.75) is 82.4 Å². The van der Waals surface area contributed by atoms with Gasteiger partial charge in [-0.2, -0.15) is 18.7 Å². The minimum Gasteiger partial charge on any atom is -0.489 e. The number of benzene rings is 3. The highest BCUT2D eigenvalue weighted by molar-refractivity contribution is 5.75. The van der Waals surface area contributed by atoms with E-state index < -0.39 is 35.2 Å². The smallest absolute Gasteiger partial charge is 0.450 e. The van der Waals surface area contributed by atoms with Crippen molar-refractivity contribution in [3.63, 3.8) is 0 Å². The molecule has 1 N–H and O–H groups in total. The largest absolute Gasteiger partial charge is 0.489 e. The van der Waals surface area contributed by atoms with Gasteiger partial charge in [-0.15, -0.1) is 0 Å². The summed E-state index contributed by atoms with van der Waals surface area (Å²) in [5.41, 5.74) is 4.68. The molecular weight excluding hydrogens is 595 g/mol. The number of nitrogens with one attached hydrogen (secondary N) is 1. The van der Waals surface area contributed by atoms with Crippen LogP contribution in [0.25, 0.3) is 5.69 Å². The Balaban J connectivity index is 1.38. The van der Waals surface area contributed by atoms with E-state index >= 15 is 0 Å². The van der Waals surface area contributed by atoms with E-state index in [-0.39, 0.29) is 18.5 Å². The quantitative estimate of drug-likeness (QED) is 0.207. The van der Waals surface area contributed by atoms with Gasteiger partial charge < -0.3 is 9.47 Å². The Kier molecular flexibility index (Phi) is 8.69. The minimum atomic E-state index is -4.63. The molecule has 10 heteroatoms. The third-order valence-corrected chi connectivity index (χ3v) is 8.68. The van der Waals surface area contributed by atoms with E-state index in [1.54, 1.807) is 18.2 Å². The number of hydroxylamine groups is 1. The van der Waals surface area contributed by atoms with Gasteiger partial charge in [-0.3, -0.25) is 14.2 Å². The van der Waals surface area contributed by atoms with Crippen molar-refractivity contribution >= 4 is 5.97 Å². The summed E-state index contributed by atoms with van der Waals surface area (Å²) >= 11 is 0. The second-order valence-corrected chi connectivity index (χ2v) is 13.1. The van der Waals surface area contributed by atoms with Gasteiger partial charge >= 0.3 is 12.1 Å². The molecule has 1 unspecified atom stereocenters. The molecule has 1 aliphatic heterocycles. The lowest BCUT2D eigenvalue weighted by atomic mass is 9.64. The second kappa shape index (κ2) is 12.6. The molecular formula is C36H38F3N3O4. The average molecular weight is 634 g/mol. The highest BCUT2D eigenvalue weighted by atomic mass is 19.4. The van der Waals surface area contributed by atoms with Crippen LogP contribution in [0.2, 0.25) is 0 Å². The third-order valence-electron chi connectivity index (χ3n) is 8.68. The van der Waals surface area contributed by atoms with Gasteiger partial charge in [0, 0.05) is 36.0 Å². The number of rotatable bonds is 7. The number of hydrogen-bond donors (Lipinski definition) is 1. The summed E-state index contributed by atoms with van der Waals surface area (Å²) in [7, 11) is 0. The monoisotopic (exact) mass is 633 g/mol. The van der Waals surface area contributed by atoms with E-state index in [4.69, 9.17) is 14.3 Å². The van der Waals surface area contributed by atoms with Gasteiger partial charge in [0.2, 0.25) is 5.82 Å². The maximum absolute atomic E-state index is 13.8. The number of aromatic nitrogens is 2. The van der Waals surface area contributed by atoms with Crippen molar-refractivity contribution < 1.29 is 32.3 Å². The van der Waals surface area contributed by atoms with Crippen LogP contribution >= 0.6 is 0 Å². The fourth-order valence-corrected chi connectivity index (χ4v) is 6.82. The fraction of sp³-hybridized carbons (Fsp3) is 0.389. The maximum Gasteiger partial charge on any atom is 0.450 e. The van der Waals surface area contributed by atoms with E-state index in [9.17, 15) is 18.0 Å². The Morgan fingerprint density at radius 3 is 2.46 bits per heavy atom. The number of alkyl halides is 3. The standard InChI is InChI=1S/C36H38F3N3O4/c1-34(2,3)45-32(43)27-15-10-18-35(31(27)25-13-8-5-9-14-25)22-29(41-46-35)28-21-26(42-20-19-40-33(42)36(37,38)39)16-17-30(28)44-23-24-11-6-4-7-12-24/h4-9,11-14,16-17,19-21,27,29,31,41H,10,15,18,22-23H2,1-3H3/t27?,29-,31-,35-/m1/s1. The van der Waals surface area contributed by atoms with Crippen LogP contribution in [0.15, 0.2) is 91.3 Å². The molecule has 1 aliphatic carbocycles. The van der Waals surface area contributed by atoms with E-state index in [0.29, 0.717) is 36.3 Å². The van der Waals surface area contributed by atoms with Crippen LogP contribution in [0.4, 0.5) is 13.2 Å². The minimum absolute atomic E-state index is 0.263. The first-order valence-corrected chi connectivity index (χ1v) is 15.6. The number of carbonyl (C=O) groups excluding carboxylic acids is 1. The molecule has 2 aliphatic rings. The first-order chi connectivity index (χ1) is 21.9. The van der Waals surface area contributed by atoms with E-state index in [1.807, 2.05) is 81.4 Å². The van der Waals surface area contributed by atoms with E-state index in [1.165, 1.54) is 6.20 Å².